The van der Waals surface area contributed by atoms with E-state index in [2.05, 4.69) is 13.8 Å². The van der Waals surface area contributed by atoms with Gasteiger partial charge in [-0.05, 0) is 44.9 Å². The molecule has 1 atom stereocenters. The van der Waals surface area contributed by atoms with Crippen LogP contribution in [0.2, 0.25) is 0 Å². The van der Waals surface area contributed by atoms with Crippen molar-refractivity contribution in [2.45, 2.75) is 71.0 Å². The van der Waals surface area contributed by atoms with Crippen molar-refractivity contribution in [1.82, 2.24) is 4.90 Å². The maximum atomic E-state index is 12.8. The molecule has 0 aromatic carbocycles. The predicted molar refractivity (Wildman–Crippen MR) is 91.2 cm³/mol. The first kappa shape index (κ1) is 18.7. The second-order valence-corrected chi connectivity index (χ2v) is 7.01. The zero-order chi connectivity index (χ0) is 16.7. The summed E-state index contributed by atoms with van der Waals surface area (Å²) in [7, 11) is 0. The van der Waals surface area contributed by atoms with Gasteiger partial charge in [-0.25, -0.2) is 0 Å². The summed E-state index contributed by atoms with van der Waals surface area (Å²) >= 11 is 0. The van der Waals surface area contributed by atoms with Gasteiger partial charge in [0.15, 0.2) is 0 Å². The monoisotopic (exact) mass is 326 g/mol. The zero-order valence-electron chi connectivity index (χ0n) is 14.9. The molecule has 0 saturated carbocycles. The summed E-state index contributed by atoms with van der Waals surface area (Å²) in [5, 5.41) is 0. The SMILES string of the molecule is CCC(CC)(CN)C(=O)N1CCC(OCC2CCCCO2)CC1. The van der Waals surface area contributed by atoms with Gasteiger partial charge in [-0.1, -0.05) is 13.8 Å². The van der Waals surface area contributed by atoms with E-state index in [4.69, 9.17) is 15.2 Å². The fraction of sp³-hybridized carbons (Fsp3) is 0.944. The summed E-state index contributed by atoms with van der Waals surface area (Å²) in [5.74, 6) is 0.235. The maximum absolute atomic E-state index is 12.8. The van der Waals surface area contributed by atoms with E-state index in [9.17, 15) is 4.79 Å². The molecule has 0 aromatic rings. The number of nitrogens with zero attached hydrogens (tertiary/aromatic N) is 1. The molecule has 5 heteroatoms. The third kappa shape index (κ3) is 4.68. The number of piperidine rings is 1. The molecule has 23 heavy (non-hydrogen) atoms. The molecule has 0 aromatic heterocycles. The number of hydrogen-bond acceptors (Lipinski definition) is 4. The van der Waals surface area contributed by atoms with Crippen molar-refractivity contribution in [2.75, 3.05) is 32.8 Å². The Morgan fingerprint density at radius 3 is 2.43 bits per heavy atom. The van der Waals surface area contributed by atoms with Crippen LogP contribution < -0.4 is 5.73 Å². The Morgan fingerprint density at radius 1 is 1.22 bits per heavy atom. The van der Waals surface area contributed by atoms with Crippen LogP contribution >= 0.6 is 0 Å². The van der Waals surface area contributed by atoms with Crippen molar-refractivity contribution in [3.63, 3.8) is 0 Å². The van der Waals surface area contributed by atoms with Crippen LogP contribution in [0.3, 0.4) is 0 Å². The number of carbonyl (C=O) groups is 1. The molecule has 2 fully saturated rings. The van der Waals surface area contributed by atoms with Crippen molar-refractivity contribution in [1.29, 1.82) is 0 Å². The first-order chi connectivity index (χ1) is 11.1. The second-order valence-electron chi connectivity index (χ2n) is 7.01. The lowest BCUT2D eigenvalue weighted by atomic mass is 9.80. The van der Waals surface area contributed by atoms with E-state index in [1.807, 2.05) is 4.90 Å². The average Bonchev–Trinajstić information content (AvgIpc) is 2.63. The molecule has 2 N–H and O–H groups in total. The number of carbonyl (C=O) groups excluding carboxylic acids is 1. The van der Waals surface area contributed by atoms with Gasteiger partial charge in [-0.3, -0.25) is 4.79 Å². The van der Waals surface area contributed by atoms with Crippen LogP contribution in [0.25, 0.3) is 0 Å². The minimum Gasteiger partial charge on any atom is -0.376 e. The van der Waals surface area contributed by atoms with Crippen molar-refractivity contribution < 1.29 is 14.3 Å². The normalized spacial score (nSPS) is 24.0. The summed E-state index contributed by atoms with van der Waals surface area (Å²) < 4.78 is 11.7. The minimum atomic E-state index is -0.371. The lowest BCUT2D eigenvalue weighted by molar-refractivity contribution is -0.145. The molecule has 5 nitrogen and oxygen atoms in total. The van der Waals surface area contributed by atoms with Crippen LogP contribution in [-0.4, -0.2) is 55.9 Å². The van der Waals surface area contributed by atoms with Gasteiger partial charge in [0, 0.05) is 26.2 Å². The number of hydrogen-bond donors (Lipinski definition) is 1. The Labute approximate surface area is 140 Å². The predicted octanol–water partition coefficient (Wildman–Crippen LogP) is 2.33. The van der Waals surface area contributed by atoms with Crippen molar-refractivity contribution in [3.05, 3.63) is 0 Å². The van der Waals surface area contributed by atoms with E-state index in [0.29, 0.717) is 13.2 Å². The van der Waals surface area contributed by atoms with Crippen LogP contribution in [0.4, 0.5) is 0 Å². The molecule has 1 amide bonds. The lowest BCUT2D eigenvalue weighted by Crippen LogP contribution is -2.51. The van der Waals surface area contributed by atoms with E-state index in [1.165, 1.54) is 12.8 Å². The van der Waals surface area contributed by atoms with Gasteiger partial charge >= 0.3 is 0 Å². The van der Waals surface area contributed by atoms with Gasteiger partial charge < -0.3 is 20.1 Å². The minimum absolute atomic E-state index is 0.235. The molecule has 0 radical (unpaired) electrons. The van der Waals surface area contributed by atoms with Gasteiger partial charge in [0.1, 0.15) is 0 Å². The van der Waals surface area contributed by atoms with E-state index >= 15 is 0 Å². The average molecular weight is 326 g/mol. The molecule has 134 valence electrons. The van der Waals surface area contributed by atoms with E-state index in [0.717, 1.165) is 51.8 Å². The van der Waals surface area contributed by atoms with Crippen LogP contribution in [0.1, 0.15) is 58.8 Å². The highest BCUT2D eigenvalue weighted by Gasteiger charge is 2.38. The Morgan fingerprint density at radius 2 is 1.91 bits per heavy atom. The molecular formula is C18H34N2O3. The quantitative estimate of drug-likeness (QED) is 0.780. The van der Waals surface area contributed by atoms with Gasteiger partial charge in [0.25, 0.3) is 0 Å². The first-order valence-electron chi connectivity index (χ1n) is 9.38. The van der Waals surface area contributed by atoms with Crippen molar-refractivity contribution in [2.24, 2.45) is 11.1 Å². The largest absolute Gasteiger partial charge is 0.376 e. The summed E-state index contributed by atoms with van der Waals surface area (Å²) in [6.45, 7) is 7.72. The van der Waals surface area contributed by atoms with Gasteiger partial charge in [0.2, 0.25) is 5.91 Å². The molecule has 2 rings (SSSR count). The molecule has 0 spiro atoms. The number of rotatable bonds is 7. The fourth-order valence-corrected chi connectivity index (χ4v) is 3.67. The van der Waals surface area contributed by atoms with E-state index in [-0.39, 0.29) is 23.5 Å². The summed E-state index contributed by atoms with van der Waals surface area (Å²) in [5.41, 5.74) is 5.54. The van der Waals surface area contributed by atoms with Crippen molar-refractivity contribution in [3.8, 4) is 0 Å². The molecule has 0 aliphatic carbocycles. The highest BCUT2D eigenvalue weighted by molar-refractivity contribution is 5.83. The standard InChI is InChI=1S/C18H34N2O3/c1-3-18(4-2,14-19)17(21)20-10-8-15(9-11-20)23-13-16-7-5-6-12-22-16/h15-16H,3-14,19H2,1-2H3. The number of likely N-dealkylation sites (tertiary alicyclic amines) is 1. The maximum Gasteiger partial charge on any atom is 0.230 e. The van der Waals surface area contributed by atoms with Gasteiger partial charge in [0.05, 0.1) is 24.2 Å². The summed E-state index contributed by atoms with van der Waals surface area (Å²) in [6.07, 6.45) is 7.55. The Hall–Kier alpha value is -0.650. The molecular weight excluding hydrogens is 292 g/mol. The van der Waals surface area contributed by atoms with Gasteiger partial charge in [-0.2, -0.15) is 0 Å². The third-order valence-electron chi connectivity index (χ3n) is 5.72. The van der Waals surface area contributed by atoms with Crippen LogP contribution in [0, 0.1) is 5.41 Å². The topological polar surface area (TPSA) is 64.8 Å². The Kier molecular flexibility index (Phi) is 7.31. The lowest BCUT2D eigenvalue weighted by Gasteiger charge is -2.39. The zero-order valence-corrected chi connectivity index (χ0v) is 14.9. The molecule has 2 aliphatic heterocycles. The van der Waals surface area contributed by atoms with Crippen LogP contribution in [0.15, 0.2) is 0 Å². The molecule has 1 unspecified atom stereocenters. The Bertz CT molecular complexity index is 349. The van der Waals surface area contributed by atoms with Gasteiger partial charge in [-0.15, -0.1) is 0 Å². The molecule has 2 heterocycles. The Balaban J connectivity index is 1.75. The van der Waals surface area contributed by atoms with Crippen LogP contribution in [-0.2, 0) is 14.3 Å². The summed E-state index contributed by atoms with van der Waals surface area (Å²) in [6, 6.07) is 0. The molecule has 2 saturated heterocycles. The second kappa shape index (κ2) is 9.00. The highest BCUT2D eigenvalue weighted by Crippen LogP contribution is 2.29. The number of nitrogens with two attached hydrogens (primary N) is 1. The smallest absolute Gasteiger partial charge is 0.230 e. The number of amides is 1. The van der Waals surface area contributed by atoms with E-state index in [1.54, 1.807) is 0 Å². The van der Waals surface area contributed by atoms with Crippen molar-refractivity contribution >= 4 is 5.91 Å². The molecule has 2 aliphatic rings. The van der Waals surface area contributed by atoms with E-state index < -0.39 is 0 Å². The number of ether oxygens (including phenoxy) is 2. The van der Waals surface area contributed by atoms with Crippen LogP contribution in [0.5, 0.6) is 0 Å². The highest BCUT2D eigenvalue weighted by atomic mass is 16.5. The third-order valence-corrected chi connectivity index (χ3v) is 5.72. The summed E-state index contributed by atoms with van der Waals surface area (Å²) in [4.78, 5) is 14.8. The fourth-order valence-electron chi connectivity index (χ4n) is 3.67. The molecule has 0 bridgehead atoms. The first-order valence-corrected chi connectivity index (χ1v) is 9.38.